The van der Waals surface area contributed by atoms with Crippen molar-refractivity contribution in [3.8, 4) is 0 Å². The highest BCUT2D eigenvalue weighted by atomic mass is 16.2. The Morgan fingerprint density at radius 2 is 1.74 bits per heavy atom. The van der Waals surface area contributed by atoms with Crippen LogP contribution in [0.25, 0.3) is 0 Å². The molecule has 1 aliphatic heterocycles. The van der Waals surface area contributed by atoms with E-state index >= 15 is 0 Å². The minimum Gasteiger partial charge on any atom is -0.355 e. The molecule has 2 aromatic carbocycles. The number of anilines is 2. The lowest BCUT2D eigenvalue weighted by atomic mass is 9.90. The Morgan fingerprint density at radius 1 is 0.968 bits per heavy atom. The van der Waals surface area contributed by atoms with E-state index in [1.165, 1.54) is 12.5 Å². The molecule has 1 N–H and O–H groups in total. The minimum absolute atomic E-state index is 0.0483. The Kier molecular flexibility index (Phi) is 6.36. The Balaban J connectivity index is 1.32. The third kappa shape index (κ3) is 5.34. The Bertz CT molecular complexity index is 1040. The molecule has 0 spiro atoms. The van der Waals surface area contributed by atoms with E-state index in [-0.39, 0.29) is 17.4 Å². The molecule has 0 aliphatic carbocycles. The maximum absolute atomic E-state index is 12.5. The van der Waals surface area contributed by atoms with Gasteiger partial charge in [-0.1, -0.05) is 42.5 Å². The van der Waals surface area contributed by atoms with Crippen LogP contribution in [0.3, 0.4) is 0 Å². The number of aromatic nitrogens is 2. The highest BCUT2D eigenvalue weighted by molar-refractivity contribution is 6.03. The average molecular weight is 415 g/mol. The number of Topliss-reactive ketones (excluding diaryl/α,β-unsaturated/α-hetero) is 1. The Labute approximate surface area is 182 Å². The van der Waals surface area contributed by atoms with Gasteiger partial charge >= 0.3 is 0 Å². The van der Waals surface area contributed by atoms with Gasteiger partial charge in [0.2, 0.25) is 0 Å². The third-order valence-corrected chi connectivity index (χ3v) is 5.72. The van der Waals surface area contributed by atoms with Crippen molar-refractivity contribution in [3.05, 3.63) is 83.6 Å². The number of amides is 1. The number of benzene rings is 2. The molecule has 0 bridgehead atoms. The number of nitrogens with zero attached hydrogens (tertiary/aromatic N) is 3. The molecule has 4 rings (SSSR count). The zero-order valence-electron chi connectivity index (χ0n) is 17.6. The molecule has 158 valence electrons. The number of ketones is 1. The third-order valence-electron chi connectivity index (χ3n) is 5.72. The fourth-order valence-corrected chi connectivity index (χ4v) is 3.94. The van der Waals surface area contributed by atoms with Crippen LogP contribution in [0.1, 0.15) is 46.2 Å². The molecule has 0 saturated carbocycles. The molecule has 1 saturated heterocycles. The van der Waals surface area contributed by atoms with Gasteiger partial charge in [-0.25, -0.2) is 0 Å². The number of carbonyl (C=O) groups is 2. The molecule has 1 aliphatic rings. The van der Waals surface area contributed by atoms with E-state index in [9.17, 15) is 9.59 Å². The first kappa shape index (κ1) is 20.7. The molecule has 1 fully saturated rings. The van der Waals surface area contributed by atoms with Crippen molar-refractivity contribution in [2.45, 2.75) is 26.2 Å². The van der Waals surface area contributed by atoms with Crippen molar-refractivity contribution in [2.24, 2.45) is 5.92 Å². The first-order valence-electron chi connectivity index (χ1n) is 10.6. The number of rotatable bonds is 6. The van der Waals surface area contributed by atoms with E-state index in [0.29, 0.717) is 17.2 Å². The summed E-state index contributed by atoms with van der Waals surface area (Å²) in [5, 5.41) is 11.2. The van der Waals surface area contributed by atoms with Gasteiger partial charge in [0.15, 0.2) is 17.3 Å². The number of hydrogen-bond donors (Lipinski definition) is 1. The van der Waals surface area contributed by atoms with Gasteiger partial charge in [0, 0.05) is 24.3 Å². The number of carbonyl (C=O) groups excluding carboxylic acids is 2. The SMILES string of the molecule is CC(=O)c1cccc(NC(=O)c2ccc(N3CCC(Cc4ccccc4)CC3)nn2)c1. The molecule has 6 nitrogen and oxygen atoms in total. The molecule has 1 aromatic heterocycles. The van der Waals surface area contributed by atoms with Gasteiger partial charge in [-0.3, -0.25) is 9.59 Å². The highest BCUT2D eigenvalue weighted by Gasteiger charge is 2.21. The van der Waals surface area contributed by atoms with E-state index in [1.54, 1.807) is 30.3 Å². The Morgan fingerprint density at radius 3 is 2.42 bits per heavy atom. The summed E-state index contributed by atoms with van der Waals surface area (Å²) in [5.74, 6) is 1.09. The maximum atomic E-state index is 12.5. The monoisotopic (exact) mass is 414 g/mol. The highest BCUT2D eigenvalue weighted by Crippen LogP contribution is 2.24. The van der Waals surface area contributed by atoms with Gasteiger partial charge in [0.1, 0.15) is 0 Å². The van der Waals surface area contributed by atoms with Crippen LogP contribution < -0.4 is 10.2 Å². The van der Waals surface area contributed by atoms with Crippen LogP contribution in [0.4, 0.5) is 11.5 Å². The second kappa shape index (κ2) is 9.51. The van der Waals surface area contributed by atoms with Crippen molar-refractivity contribution in [2.75, 3.05) is 23.3 Å². The Hall–Kier alpha value is -3.54. The van der Waals surface area contributed by atoms with Gasteiger partial charge in [-0.05, 0) is 61.9 Å². The second-order valence-electron chi connectivity index (χ2n) is 7.99. The van der Waals surface area contributed by atoms with Crippen LogP contribution in [-0.4, -0.2) is 35.0 Å². The number of hydrogen-bond acceptors (Lipinski definition) is 5. The normalized spacial score (nSPS) is 14.3. The van der Waals surface area contributed by atoms with Gasteiger partial charge in [-0.15, -0.1) is 10.2 Å². The first-order valence-corrected chi connectivity index (χ1v) is 10.6. The molecular formula is C25H26N4O2. The fraction of sp³-hybridized carbons (Fsp3) is 0.280. The summed E-state index contributed by atoms with van der Waals surface area (Å²) in [6.07, 6.45) is 3.35. The van der Waals surface area contributed by atoms with Gasteiger partial charge < -0.3 is 10.2 Å². The molecule has 1 amide bonds. The number of nitrogens with one attached hydrogen (secondary N) is 1. The van der Waals surface area contributed by atoms with Crippen LogP contribution in [0.15, 0.2) is 66.7 Å². The minimum atomic E-state index is -0.346. The molecule has 0 unspecified atom stereocenters. The molecule has 3 aromatic rings. The van der Waals surface area contributed by atoms with Crippen molar-refractivity contribution in [1.82, 2.24) is 10.2 Å². The molecular weight excluding hydrogens is 388 g/mol. The van der Waals surface area contributed by atoms with Crippen molar-refractivity contribution < 1.29 is 9.59 Å². The largest absolute Gasteiger partial charge is 0.355 e. The first-order chi connectivity index (χ1) is 15.1. The van der Waals surface area contributed by atoms with E-state index in [2.05, 4.69) is 50.7 Å². The zero-order chi connectivity index (χ0) is 21.6. The molecule has 0 atom stereocenters. The zero-order valence-corrected chi connectivity index (χ0v) is 17.6. The molecule has 2 heterocycles. The standard InChI is InChI=1S/C25H26N4O2/c1-18(30)21-8-5-9-22(17-21)26-25(31)23-10-11-24(28-27-23)29-14-12-20(13-15-29)16-19-6-3-2-4-7-19/h2-11,17,20H,12-16H2,1H3,(H,26,31). The lowest BCUT2D eigenvalue weighted by molar-refractivity contribution is 0.100. The quantitative estimate of drug-likeness (QED) is 0.606. The summed E-state index contributed by atoms with van der Waals surface area (Å²) in [7, 11) is 0. The maximum Gasteiger partial charge on any atom is 0.276 e. The average Bonchev–Trinajstić information content (AvgIpc) is 2.80. The van der Waals surface area contributed by atoms with Crippen LogP contribution in [-0.2, 0) is 6.42 Å². The summed E-state index contributed by atoms with van der Waals surface area (Å²) in [4.78, 5) is 26.2. The van der Waals surface area contributed by atoms with Gasteiger partial charge in [0.05, 0.1) is 0 Å². The summed E-state index contributed by atoms with van der Waals surface area (Å²) >= 11 is 0. The van der Waals surface area contributed by atoms with E-state index in [0.717, 1.165) is 38.2 Å². The summed E-state index contributed by atoms with van der Waals surface area (Å²) in [6.45, 7) is 3.38. The lowest BCUT2D eigenvalue weighted by Crippen LogP contribution is -2.35. The topological polar surface area (TPSA) is 75.2 Å². The van der Waals surface area contributed by atoms with Crippen LogP contribution in [0, 0.1) is 5.92 Å². The van der Waals surface area contributed by atoms with E-state index < -0.39 is 0 Å². The molecule has 31 heavy (non-hydrogen) atoms. The van der Waals surface area contributed by atoms with E-state index in [4.69, 9.17) is 0 Å². The van der Waals surface area contributed by atoms with Crippen molar-refractivity contribution >= 4 is 23.2 Å². The molecule has 0 radical (unpaired) electrons. The number of piperidine rings is 1. The predicted molar refractivity (Wildman–Crippen MR) is 122 cm³/mol. The van der Waals surface area contributed by atoms with Gasteiger partial charge in [-0.2, -0.15) is 0 Å². The summed E-state index contributed by atoms with van der Waals surface area (Å²) in [6, 6.07) is 21.0. The van der Waals surface area contributed by atoms with Crippen LogP contribution in [0.2, 0.25) is 0 Å². The predicted octanol–water partition coefficient (Wildman–Crippen LogP) is 4.39. The lowest BCUT2D eigenvalue weighted by Gasteiger charge is -2.32. The van der Waals surface area contributed by atoms with Crippen molar-refractivity contribution in [3.63, 3.8) is 0 Å². The van der Waals surface area contributed by atoms with E-state index in [1.807, 2.05) is 6.07 Å². The fourth-order valence-electron chi connectivity index (χ4n) is 3.94. The van der Waals surface area contributed by atoms with Crippen molar-refractivity contribution in [1.29, 1.82) is 0 Å². The van der Waals surface area contributed by atoms with Crippen LogP contribution >= 0.6 is 0 Å². The van der Waals surface area contributed by atoms with Gasteiger partial charge in [0.25, 0.3) is 5.91 Å². The second-order valence-corrected chi connectivity index (χ2v) is 7.99. The summed E-state index contributed by atoms with van der Waals surface area (Å²) in [5.41, 5.74) is 2.75. The smallest absolute Gasteiger partial charge is 0.276 e. The molecule has 6 heteroatoms. The summed E-state index contributed by atoms with van der Waals surface area (Å²) < 4.78 is 0. The van der Waals surface area contributed by atoms with Crippen LogP contribution in [0.5, 0.6) is 0 Å².